The van der Waals surface area contributed by atoms with Gasteiger partial charge in [-0.25, -0.2) is 10.8 Å². The molecule has 2 aromatic rings. The first-order valence-corrected chi connectivity index (χ1v) is 6.54. The van der Waals surface area contributed by atoms with E-state index in [4.69, 9.17) is 11.1 Å². The van der Waals surface area contributed by atoms with Gasteiger partial charge in [-0.15, -0.1) is 0 Å². The molecule has 6 heteroatoms. The fraction of sp³-hybridized carbons (Fsp3) is 0.357. The van der Waals surface area contributed by atoms with E-state index in [9.17, 15) is 0 Å². The van der Waals surface area contributed by atoms with Crippen LogP contribution in [0.15, 0.2) is 24.3 Å². The van der Waals surface area contributed by atoms with Crippen molar-refractivity contribution >= 4 is 22.7 Å². The molecule has 104 valence electrons. The second-order valence-electron chi connectivity index (χ2n) is 4.73. The molecule has 20 heavy (non-hydrogen) atoms. The lowest BCUT2D eigenvalue weighted by molar-refractivity contribution is 0.679. The number of nitrogens with zero attached hydrogens (tertiary/aromatic N) is 4. The zero-order valence-corrected chi connectivity index (χ0v) is 11.7. The number of benzene rings is 1. The molecule has 0 bridgehead atoms. The van der Waals surface area contributed by atoms with E-state index < -0.39 is 0 Å². The zero-order chi connectivity index (χ0) is 14.5. The van der Waals surface area contributed by atoms with Gasteiger partial charge in [0.2, 0.25) is 5.95 Å². The van der Waals surface area contributed by atoms with Crippen LogP contribution >= 0.6 is 0 Å². The van der Waals surface area contributed by atoms with Gasteiger partial charge in [-0.05, 0) is 26.0 Å². The predicted molar refractivity (Wildman–Crippen MR) is 80.1 cm³/mol. The Morgan fingerprint density at radius 3 is 2.75 bits per heavy atom. The molecule has 0 atom stereocenters. The lowest BCUT2D eigenvalue weighted by Gasteiger charge is -2.28. The summed E-state index contributed by atoms with van der Waals surface area (Å²) in [6, 6.07) is 10.2. The number of rotatable bonds is 5. The lowest BCUT2D eigenvalue weighted by atomic mass is 10.2. The first-order chi connectivity index (χ1) is 9.67. The van der Waals surface area contributed by atoms with Crippen LogP contribution in [0.25, 0.3) is 10.9 Å². The van der Waals surface area contributed by atoms with Gasteiger partial charge in [0.1, 0.15) is 5.82 Å². The van der Waals surface area contributed by atoms with Crippen molar-refractivity contribution in [2.24, 2.45) is 5.84 Å². The molecule has 2 rings (SSSR count). The lowest BCUT2D eigenvalue weighted by Crippen LogP contribution is -2.33. The average Bonchev–Trinajstić information content (AvgIpc) is 2.46. The van der Waals surface area contributed by atoms with Gasteiger partial charge in [-0.3, -0.25) is 5.43 Å². The molecule has 0 aliphatic carbocycles. The van der Waals surface area contributed by atoms with Crippen molar-refractivity contribution in [3.05, 3.63) is 24.3 Å². The molecule has 1 heterocycles. The van der Waals surface area contributed by atoms with E-state index in [1.165, 1.54) is 0 Å². The summed E-state index contributed by atoms with van der Waals surface area (Å²) in [4.78, 5) is 10.9. The van der Waals surface area contributed by atoms with Crippen LogP contribution in [0.3, 0.4) is 0 Å². The number of hydrazine groups is 1. The highest BCUT2D eigenvalue weighted by molar-refractivity contribution is 5.90. The topological polar surface area (TPSA) is 90.9 Å². The van der Waals surface area contributed by atoms with E-state index in [2.05, 4.69) is 40.2 Å². The highest BCUT2D eigenvalue weighted by Gasteiger charge is 2.16. The summed E-state index contributed by atoms with van der Waals surface area (Å²) in [6.07, 6.45) is 0.446. The molecule has 0 unspecified atom stereocenters. The Labute approximate surface area is 118 Å². The van der Waals surface area contributed by atoms with E-state index in [1.54, 1.807) is 0 Å². The maximum atomic E-state index is 8.82. The normalized spacial score (nSPS) is 10.6. The van der Waals surface area contributed by atoms with E-state index >= 15 is 0 Å². The smallest absolute Gasteiger partial charge is 0.239 e. The molecule has 1 aromatic heterocycles. The Hall–Kier alpha value is -2.39. The largest absolute Gasteiger partial charge is 0.352 e. The predicted octanol–water partition coefficient (Wildman–Crippen LogP) is 2.04. The van der Waals surface area contributed by atoms with Crippen LogP contribution < -0.4 is 16.2 Å². The summed E-state index contributed by atoms with van der Waals surface area (Å²) in [7, 11) is 0. The molecule has 0 fully saturated rings. The van der Waals surface area contributed by atoms with E-state index in [1.807, 2.05) is 24.3 Å². The van der Waals surface area contributed by atoms with E-state index in [-0.39, 0.29) is 6.04 Å². The van der Waals surface area contributed by atoms with Crippen molar-refractivity contribution in [2.75, 3.05) is 16.9 Å². The third kappa shape index (κ3) is 2.78. The molecule has 0 saturated carbocycles. The number of nitriles is 1. The Morgan fingerprint density at radius 1 is 1.35 bits per heavy atom. The van der Waals surface area contributed by atoms with Gasteiger partial charge < -0.3 is 4.90 Å². The van der Waals surface area contributed by atoms with Crippen LogP contribution in [0, 0.1) is 11.3 Å². The van der Waals surface area contributed by atoms with Gasteiger partial charge in [0, 0.05) is 18.0 Å². The number of hydrogen-bond donors (Lipinski definition) is 2. The molecule has 0 aliphatic rings. The minimum atomic E-state index is 0.229. The summed E-state index contributed by atoms with van der Waals surface area (Å²) >= 11 is 0. The SMILES string of the molecule is CC(C)N(CCC#N)c1nc(NN)nc2ccccc12. The van der Waals surface area contributed by atoms with Gasteiger partial charge >= 0.3 is 0 Å². The number of nitrogen functional groups attached to an aromatic ring is 1. The van der Waals surface area contributed by atoms with Gasteiger partial charge in [0.15, 0.2) is 0 Å². The number of hydrogen-bond acceptors (Lipinski definition) is 6. The fourth-order valence-electron chi connectivity index (χ4n) is 2.12. The number of fused-ring (bicyclic) bond motifs is 1. The molecule has 0 saturated heterocycles. The van der Waals surface area contributed by atoms with E-state index in [0.29, 0.717) is 18.9 Å². The summed E-state index contributed by atoms with van der Waals surface area (Å²) in [5, 5.41) is 9.77. The number of nitrogens with two attached hydrogens (primary N) is 1. The molecule has 3 N–H and O–H groups in total. The molecular formula is C14H18N6. The zero-order valence-electron chi connectivity index (χ0n) is 11.7. The number of para-hydroxylation sites is 1. The summed E-state index contributed by atoms with van der Waals surface area (Å²) in [5.74, 6) is 6.62. The Kier molecular flexibility index (Phi) is 4.33. The van der Waals surface area contributed by atoms with Crippen LogP contribution in [-0.2, 0) is 0 Å². The summed E-state index contributed by atoms with van der Waals surface area (Å²) < 4.78 is 0. The van der Waals surface area contributed by atoms with Crippen molar-refractivity contribution in [3.8, 4) is 6.07 Å². The number of anilines is 2. The Morgan fingerprint density at radius 2 is 2.10 bits per heavy atom. The first kappa shape index (κ1) is 14.0. The maximum absolute atomic E-state index is 8.82. The van der Waals surface area contributed by atoms with Crippen LogP contribution in [0.4, 0.5) is 11.8 Å². The van der Waals surface area contributed by atoms with Crippen LogP contribution in [0.5, 0.6) is 0 Å². The standard InChI is InChI=1S/C14H18N6/c1-10(2)20(9-5-8-15)13-11-6-3-4-7-12(11)17-14(18-13)19-16/h3-4,6-7,10H,5,9,16H2,1-2H3,(H,17,18,19). The highest BCUT2D eigenvalue weighted by atomic mass is 15.3. The molecule has 0 spiro atoms. The van der Waals surface area contributed by atoms with Crippen LogP contribution in [0.1, 0.15) is 20.3 Å². The monoisotopic (exact) mass is 270 g/mol. The van der Waals surface area contributed by atoms with E-state index in [0.717, 1.165) is 16.7 Å². The average molecular weight is 270 g/mol. The van der Waals surface area contributed by atoms with Crippen molar-refractivity contribution < 1.29 is 0 Å². The van der Waals surface area contributed by atoms with Crippen molar-refractivity contribution in [1.29, 1.82) is 5.26 Å². The van der Waals surface area contributed by atoms with Gasteiger partial charge in [0.25, 0.3) is 0 Å². The maximum Gasteiger partial charge on any atom is 0.239 e. The second-order valence-corrected chi connectivity index (χ2v) is 4.73. The van der Waals surface area contributed by atoms with Crippen molar-refractivity contribution in [3.63, 3.8) is 0 Å². The number of nitrogens with one attached hydrogen (secondary N) is 1. The Bertz CT molecular complexity index is 631. The molecule has 0 amide bonds. The molecule has 0 aliphatic heterocycles. The van der Waals surface area contributed by atoms with Gasteiger partial charge in [0.05, 0.1) is 18.0 Å². The number of aromatic nitrogens is 2. The molecular weight excluding hydrogens is 252 g/mol. The highest BCUT2D eigenvalue weighted by Crippen LogP contribution is 2.26. The minimum absolute atomic E-state index is 0.229. The molecule has 0 radical (unpaired) electrons. The fourth-order valence-corrected chi connectivity index (χ4v) is 2.12. The third-order valence-corrected chi connectivity index (χ3v) is 3.07. The minimum Gasteiger partial charge on any atom is -0.352 e. The van der Waals surface area contributed by atoms with Gasteiger partial charge in [-0.2, -0.15) is 10.2 Å². The third-order valence-electron chi connectivity index (χ3n) is 3.07. The quantitative estimate of drug-likeness (QED) is 0.638. The molecule has 6 nitrogen and oxygen atoms in total. The Balaban J connectivity index is 2.57. The van der Waals surface area contributed by atoms with Crippen molar-refractivity contribution in [1.82, 2.24) is 9.97 Å². The van der Waals surface area contributed by atoms with Crippen LogP contribution in [-0.4, -0.2) is 22.6 Å². The first-order valence-electron chi connectivity index (χ1n) is 6.54. The summed E-state index contributed by atoms with van der Waals surface area (Å²) in [6.45, 7) is 4.77. The summed E-state index contributed by atoms with van der Waals surface area (Å²) in [5.41, 5.74) is 3.32. The molecule has 1 aromatic carbocycles. The van der Waals surface area contributed by atoms with Crippen LogP contribution in [0.2, 0.25) is 0 Å². The van der Waals surface area contributed by atoms with Gasteiger partial charge in [-0.1, -0.05) is 12.1 Å². The second kappa shape index (κ2) is 6.17. The van der Waals surface area contributed by atoms with Crippen molar-refractivity contribution in [2.45, 2.75) is 26.3 Å².